The van der Waals surface area contributed by atoms with Gasteiger partial charge in [0, 0.05) is 25.1 Å². The first-order valence-corrected chi connectivity index (χ1v) is 8.36. The van der Waals surface area contributed by atoms with Crippen LogP contribution >= 0.6 is 0 Å². The van der Waals surface area contributed by atoms with E-state index in [1.165, 1.54) is 0 Å². The van der Waals surface area contributed by atoms with Gasteiger partial charge in [0.05, 0.1) is 0 Å². The van der Waals surface area contributed by atoms with Crippen molar-refractivity contribution in [2.45, 2.75) is 45.6 Å². The zero-order valence-electron chi connectivity index (χ0n) is 17.0. The van der Waals surface area contributed by atoms with Crippen LogP contribution < -0.4 is 5.32 Å². The smallest absolute Gasteiger partial charge is 1.00 e. The summed E-state index contributed by atoms with van der Waals surface area (Å²) in [6.07, 6.45) is 1.53. The molecule has 0 saturated heterocycles. The average Bonchev–Trinajstić information content (AvgIpc) is 2.58. The molecule has 1 aromatic rings. The van der Waals surface area contributed by atoms with Crippen molar-refractivity contribution >= 4 is 55.5 Å². The summed E-state index contributed by atoms with van der Waals surface area (Å²) in [6.45, 7) is 5.14. The normalized spacial score (nSPS) is 11.1. The molecule has 0 fully saturated rings. The summed E-state index contributed by atoms with van der Waals surface area (Å²) < 4.78 is 0. The third kappa shape index (κ3) is 8.70. The largest absolute Gasteiger partial charge is 2.00 e. The minimum atomic E-state index is -0.987. The van der Waals surface area contributed by atoms with Gasteiger partial charge in [-0.1, -0.05) is 32.0 Å². The molecule has 1 unspecified atom stereocenters. The summed E-state index contributed by atoms with van der Waals surface area (Å²) in [7, 11) is 0. The van der Waals surface area contributed by atoms with Crippen molar-refractivity contribution in [2.24, 2.45) is 0 Å². The standard InChI is InChI=1S/C18H26N2O4.Ca.2H/c1-3-12-20(13-4-2)18(24)15(10-11-16(21)22)19-17(23)14-8-6-5-7-9-14;;;/h5-9,15H,3-4,10-13H2,1-2H3,(H,19,23)(H,21,22);;;/q;+2;2*-1. The molecule has 1 atom stereocenters. The number of hydrogen-bond acceptors (Lipinski definition) is 3. The first kappa shape index (κ1) is 23.9. The van der Waals surface area contributed by atoms with Crippen LogP contribution in [-0.2, 0) is 9.59 Å². The Morgan fingerprint density at radius 1 is 1.12 bits per heavy atom. The number of carbonyl (C=O) groups is 3. The monoisotopic (exact) mass is 376 g/mol. The molecule has 2 amide bonds. The van der Waals surface area contributed by atoms with Crippen LogP contribution in [0.25, 0.3) is 0 Å². The number of carboxylic acids is 1. The Bertz CT molecular complexity index is 556. The Morgan fingerprint density at radius 2 is 1.68 bits per heavy atom. The minimum absolute atomic E-state index is 0. The SMILES string of the molecule is CCCN(CCC)C(=O)C(CCC(=O)O)NC(=O)c1ccccc1.[Ca+2].[H-].[H-]. The molecule has 0 aliphatic heterocycles. The maximum atomic E-state index is 12.7. The quantitative estimate of drug-likeness (QED) is 0.613. The van der Waals surface area contributed by atoms with Gasteiger partial charge < -0.3 is 18.2 Å². The van der Waals surface area contributed by atoms with E-state index in [4.69, 9.17) is 5.11 Å². The topological polar surface area (TPSA) is 86.7 Å². The molecule has 0 heterocycles. The van der Waals surface area contributed by atoms with E-state index >= 15 is 0 Å². The van der Waals surface area contributed by atoms with Crippen LogP contribution in [-0.4, -0.2) is 84.7 Å². The Balaban J connectivity index is -0.00000192. The molecule has 25 heavy (non-hydrogen) atoms. The average molecular weight is 377 g/mol. The van der Waals surface area contributed by atoms with Crippen LogP contribution in [0, 0.1) is 0 Å². The van der Waals surface area contributed by atoms with Crippen LogP contribution in [0.2, 0.25) is 0 Å². The molecule has 6 nitrogen and oxygen atoms in total. The molecule has 0 saturated carbocycles. The Labute approximate surface area is 181 Å². The van der Waals surface area contributed by atoms with E-state index < -0.39 is 12.0 Å². The van der Waals surface area contributed by atoms with Gasteiger partial charge in [-0.05, 0) is 31.4 Å². The molecule has 136 valence electrons. The van der Waals surface area contributed by atoms with Gasteiger partial charge in [-0.15, -0.1) is 0 Å². The summed E-state index contributed by atoms with van der Waals surface area (Å²) in [5.41, 5.74) is 0.447. The molecule has 0 spiro atoms. The molecule has 1 aromatic carbocycles. The van der Waals surface area contributed by atoms with E-state index in [2.05, 4.69) is 5.32 Å². The zero-order valence-corrected chi connectivity index (χ0v) is 17.2. The molecule has 0 bridgehead atoms. The third-order valence-corrected chi connectivity index (χ3v) is 3.58. The van der Waals surface area contributed by atoms with Crippen molar-refractivity contribution in [1.82, 2.24) is 10.2 Å². The van der Waals surface area contributed by atoms with E-state index in [1.807, 2.05) is 13.8 Å². The summed E-state index contributed by atoms with van der Waals surface area (Å²) in [4.78, 5) is 37.6. The number of aliphatic carboxylic acids is 1. The van der Waals surface area contributed by atoms with Crippen LogP contribution in [0.5, 0.6) is 0 Å². The van der Waals surface area contributed by atoms with E-state index in [0.717, 1.165) is 12.8 Å². The number of benzene rings is 1. The maximum Gasteiger partial charge on any atom is 2.00 e. The third-order valence-electron chi connectivity index (χ3n) is 3.58. The number of carbonyl (C=O) groups excluding carboxylic acids is 2. The van der Waals surface area contributed by atoms with Gasteiger partial charge in [-0.25, -0.2) is 0 Å². The number of hydrogen-bond donors (Lipinski definition) is 2. The number of amides is 2. The van der Waals surface area contributed by atoms with Crippen molar-refractivity contribution in [1.29, 1.82) is 0 Å². The van der Waals surface area contributed by atoms with Gasteiger partial charge in [0.1, 0.15) is 6.04 Å². The maximum absolute atomic E-state index is 12.7. The van der Waals surface area contributed by atoms with E-state index in [0.29, 0.717) is 18.7 Å². The van der Waals surface area contributed by atoms with Gasteiger partial charge in [0.2, 0.25) is 5.91 Å². The van der Waals surface area contributed by atoms with Crippen molar-refractivity contribution < 1.29 is 22.3 Å². The predicted molar refractivity (Wildman–Crippen MR) is 99.7 cm³/mol. The molecule has 0 aliphatic rings. The molecule has 7 heteroatoms. The fraction of sp³-hybridized carbons (Fsp3) is 0.500. The summed E-state index contributed by atoms with van der Waals surface area (Å²) in [6, 6.07) is 7.77. The Hall–Kier alpha value is -1.11. The van der Waals surface area contributed by atoms with Gasteiger partial charge >= 0.3 is 43.7 Å². The van der Waals surface area contributed by atoms with E-state index in [-0.39, 0.29) is 65.2 Å². The van der Waals surface area contributed by atoms with Gasteiger partial charge in [0.15, 0.2) is 0 Å². The fourth-order valence-corrected chi connectivity index (χ4v) is 2.45. The Kier molecular flexibility index (Phi) is 12.6. The van der Waals surface area contributed by atoms with Crippen molar-refractivity contribution in [3.05, 3.63) is 35.9 Å². The fourth-order valence-electron chi connectivity index (χ4n) is 2.45. The summed E-state index contributed by atoms with van der Waals surface area (Å²) in [5, 5.41) is 11.6. The molecule has 1 rings (SSSR count). The summed E-state index contributed by atoms with van der Waals surface area (Å²) >= 11 is 0. The second-order valence-corrected chi connectivity index (χ2v) is 5.65. The molecular formula is C18H28CaN2O4. The van der Waals surface area contributed by atoms with Gasteiger partial charge in [-0.3, -0.25) is 14.4 Å². The predicted octanol–water partition coefficient (Wildman–Crippen LogP) is 2.14. The van der Waals surface area contributed by atoms with Crippen molar-refractivity contribution in [3.63, 3.8) is 0 Å². The van der Waals surface area contributed by atoms with Crippen LogP contribution in [0.4, 0.5) is 0 Å². The zero-order chi connectivity index (χ0) is 17.9. The number of rotatable bonds is 10. The second-order valence-electron chi connectivity index (χ2n) is 5.65. The molecule has 0 radical (unpaired) electrons. The Morgan fingerprint density at radius 3 is 2.16 bits per heavy atom. The van der Waals surface area contributed by atoms with E-state index in [9.17, 15) is 14.4 Å². The minimum Gasteiger partial charge on any atom is -1.00 e. The molecular weight excluding hydrogens is 348 g/mol. The van der Waals surface area contributed by atoms with Crippen LogP contribution in [0.15, 0.2) is 30.3 Å². The van der Waals surface area contributed by atoms with Gasteiger partial charge in [0.25, 0.3) is 5.91 Å². The first-order valence-electron chi connectivity index (χ1n) is 8.36. The number of carboxylic acid groups (broad SMARTS) is 1. The van der Waals surface area contributed by atoms with Crippen LogP contribution in [0.3, 0.4) is 0 Å². The van der Waals surface area contributed by atoms with Crippen molar-refractivity contribution in [3.8, 4) is 0 Å². The first-order chi connectivity index (χ1) is 11.5. The van der Waals surface area contributed by atoms with Crippen molar-refractivity contribution in [2.75, 3.05) is 13.1 Å². The number of nitrogens with one attached hydrogen (secondary N) is 1. The van der Waals surface area contributed by atoms with Gasteiger partial charge in [-0.2, -0.15) is 0 Å². The molecule has 2 N–H and O–H groups in total. The molecule has 0 aromatic heterocycles. The number of nitrogens with zero attached hydrogens (tertiary/aromatic N) is 1. The van der Waals surface area contributed by atoms with E-state index in [1.54, 1.807) is 35.2 Å². The van der Waals surface area contributed by atoms with Crippen LogP contribution in [0.1, 0.15) is 52.7 Å². The summed E-state index contributed by atoms with van der Waals surface area (Å²) in [5.74, 6) is -1.57. The molecule has 0 aliphatic carbocycles. The second kappa shape index (κ2) is 13.1.